The van der Waals surface area contributed by atoms with E-state index < -0.39 is 0 Å². The molecule has 1 rings (SSSR count). The van der Waals surface area contributed by atoms with Gasteiger partial charge in [0.25, 0.3) is 0 Å². The van der Waals surface area contributed by atoms with Gasteiger partial charge in [0.1, 0.15) is 0 Å². The molecular weight excluding hydrogens is 208 g/mol. The van der Waals surface area contributed by atoms with Crippen LogP contribution in [-0.4, -0.2) is 30.7 Å². The Morgan fingerprint density at radius 1 is 1.60 bits per heavy atom. The van der Waals surface area contributed by atoms with Crippen LogP contribution in [0.25, 0.3) is 0 Å². The molecule has 1 atom stereocenters. The minimum atomic E-state index is 0.362. The Morgan fingerprint density at radius 2 is 2.27 bits per heavy atom. The molecule has 0 aromatic heterocycles. The van der Waals surface area contributed by atoms with E-state index in [1.165, 1.54) is 0 Å². The molecule has 1 radical (unpaired) electrons. The molecule has 1 N–H and O–H groups in total. The van der Waals surface area contributed by atoms with Crippen molar-refractivity contribution in [2.75, 3.05) is 14.1 Å². The first-order chi connectivity index (χ1) is 7.00. The molecule has 0 aliphatic carbocycles. The zero-order chi connectivity index (χ0) is 11.4. The quantitative estimate of drug-likeness (QED) is 0.781. The van der Waals surface area contributed by atoms with E-state index in [1.807, 2.05) is 20.2 Å². The van der Waals surface area contributed by atoms with Crippen molar-refractivity contribution in [3.8, 4) is 0 Å². The Morgan fingerprint density at radius 3 is 2.80 bits per heavy atom. The summed E-state index contributed by atoms with van der Waals surface area (Å²) in [6.07, 6.45) is 0.730. The van der Waals surface area contributed by atoms with E-state index in [1.54, 1.807) is 12.1 Å². The van der Waals surface area contributed by atoms with Crippen LogP contribution in [0, 0.1) is 11.5 Å². The zero-order valence-corrected chi connectivity index (χ0v) is 10.1. The summed E-state index contributed by atoms with van der Waals surface area (Å²) < 4.78 is 0. The van der Waals surface area contributed by atoms with Crippen LogP contribution in [-0.2, 0) is 0 Å². The molecule has 0 saturated carbocycles. The SMILES string of the molecule is C[C@H](CC(=N)c1cc[c]c(Cl)c1)N(C)C. The summed E-state index contributed by atoms with van der Waals surface area (Å²) in [5.74, 6) is 0. The van der Waals surface area contributed by atoms with Gasteiger partial charge in [-0.2, -0.15) is 0 Å². The Bertz CT molecular complexity index is 347. The number of nitrogens with zero attached hydrogens (tertiary/aromatic N) is 1. The normalized spacial score (nSPS) is 12.9. The second-order valence-electron chi connectivity index (χ2n) is 3.92. The molecule has 2 nitrogen and oxygen atoms in total. The molecule has 3 heteroatoms. The van der Waals surface area contributed by atoms with E-state index in [0.29, 0.717) is 16.8 Å². The first kappa shape index (κ1) is 12.2. The van der Waals surface area contributed by atoms with Gasteiger partial charge in [-0.05, 0) is 32.6 Å². The van der Waals surface area contributed by atoms with Crippen molar-refractivity contribution in [2.45, 2.75) is 19.4 Å². The van der Waals surface area contributed by atoms with Crippen LogP contribution < -0.4 is 0 Å². The van der Waals surface area contributed by atoms with E-state index in [9.17, 15) is 0 Å². The molecule has 0 aliphatic heterocycles. The molecule has 0 spiro atoms. The molecular formula is C12H16ClN2. The molecule has 0 aliphatic rings. The fourth-order valence-corrected chi connectivity index (χ4v) is 1.40. The zero-order valence-electron chi connectivity index (χ0n) is 9.34. The highest BCUT2D eigenvalue weighted by molar-refractivity contribution is 6.30. The molecule has 0 fully saturated rings. The Labute approximate surface area is 96.4 Å². The predicted molar refractivity (Wildman–Crippen MR) is 64.9 cm³/mol. The molecule has 81 valence electrons. The average Bonchev–Trinajstić information content (AvgIpc) is 2.17. The van der Waals surface area contributed by atoms with E-state index in [-0.39, 0.29) is 0 Å². The van der Waals surface area contributed by atoms with Crippen molar-refractivity contribution in [3.05, 3.63) is 34.9 Å². The van der Waals surface area contributed by atoms with Crippen molar-refractivity contribution < 1.29 is 0 Å². The summed E-state index contributed by atoms with van der Waals surface area (Å²) in [6, 6.07) is 8.63. The molecule has 0 heterocycles. The molecule has 0 saturated heterocycles. The standard InChI is InChI=1S/C12H16ClN2/c1-9(15(2)3)7-12(14)10-5-4-6-11(13)8-10/h4-5,8-9,14H,7H2,1-3H3/t9-/m1/s1. The maximum absolute atomic E-state index is 7.95. The third-order valence-electron chi connectivity index (χ3n) is 2.50. The summed E-state index contributed by atoms with van der Waals surface area (Å²) in [5, 5.41) is 8.52. The Hall–Kier alpha value is -0.860. The van der Waals surface area contributed by atoms with Gasteiger partial charge >= 0.3 is 0 Å². The number of benzene rings is 1. The second-order valence-corrected chi connectivity index (χ2v) is 4.33. The van der Waals surface area contributed by atoms with Gasteiger partial charge in [0.15, 0.2) is 0 Å². The third kappa shape index (κ3) is 3.65. The summed E-state index contributed by atoms with van der Waals surface area (Å²) in [4.78, 5) is 2.10. The van der Waals surface area contributed by atoms with Crippen molar-refractivity contribution in [3.63, 3.8) is 0 Å². The third-order valence-corrected chi connectivity index (χ3v) is 2.71. The fraction of sp³-hybridized carbons (Fsp3) is 0.417. The van der Waals surface area contributed by atoms with Gasteiger partial charge < -0.3 is 10.3 Å². The molecule has 1 aromatic carbocycles. The van der Waals surface area contributed by atoms with Crippen LogP contribution in [0.3, 0.4) is 0 Å². The van der Waals surface area contributed by atoms with Crippen LogP contribution in [0.1, 0.15) is 18.9 Å². The molecule has 0 unspecified atom stereocenters. The summed E-state index contributed by atoms with van der Waals surface area (Å²) in [5.41, 5.74) is 1.50. The molecule has 1 aromatic rings. The summed E-state index contributed by atoms with van der Waals surface area (Å²) in [7, 11) is 4.04. The van der Waals surface area contributed by atoms with Crippen molar-refractivity contribution in [2.24, 2.45) is 0 Å². The smallest absolute Gasteiger partial charge is 0.0491 e. The van der Waals surface area contributed by atoms with Crippen molar-refractivity contribution >= 4 is 17.3 Å². The molecule has 15 heavy (non-hydrogen) atoms. The van der Waals surface area contributed by atoms with Crippen LogP contribution in [0.15, 0.2) is 18.2 Å². The lowest BCUT2D eigenvalue weighted by atomic mass is 10.0. The lowest BCUT2D eigenvalue weighted by molar-refractivity contribution is 0.321. The largest absolute Gasteiger partial charge is 0.306 e. The van der Waals surface area contributed by atoms with Crippen LogP contribution in [0.4, 0.5) is 0 Å². The predicted octanol–water partition coefficient (Wildman–Crippen LogP) is 2.85. The van der Waals surface area contributed by atoms with E-state index >= 15 is 0 Å². The average molecular weight is 224 g/mol. The summed E-state index contributed by atoms with van der Waals surface area (Å²) >= 11 is 5.83. The van der Waals surface area contributed by atoms with Gasteiger partial charge in [0.05, 0.1) is 0 Å². The Kier molecular flexibility index (Phi) is 4.30. The topological polar surface area (TPSA) is 27.1 Å². The van der Waals surface area contributed by atoms with Gasteiger partial charge in [-0.1, -0.05) is 23.7 Å². The fourth-order valence-electron chi connectivity index (χ4n) is 1.22. The molecule has 0 amide bonds. The maximum atomic E-state index is 7.95. The highest BCUT2D eigenvalue weighted by Crippen LogP contribution is 2.13. The first-order valence-corrected chi connectivity index (χ1v) is 5.30. The number of hydrogen-bond acceptors (Lipinski definition) is 2. The van der Waals surface area contributed by atoms with Crippen LogP contribution in [0.5, 0.6) is 0 Å². The molecule has 0 bridgehead atoms. The van der Waals surface area contributed by atoms with Crippen LogP contribution >= 0.6 is 11.6 Å². The van der Waals surface area contributed by atoms with Crippen LogP contribution in [0.2, 0.25) is 5.02 Å². The maximum Gasteiger partial charge on any atom is 0.0491 e. The second kappa shape index (κ2) is 5.29. The minimum absolute atomic E-state index is 0.362. The van der Waals surface area contributed by atoms with Crippen molar-refractivity contribution in [1.29, 1.82) is 5.41 Å². The lowest BCUT2D eigenvalue weighted by Gasteiger charge is -2.19. The highest BCUT2D eigenvalue weighted by atomic mass is 35.5. The highest BCUT2D eigenvalue weighted by Gasteiger charge is 2.09. The van der Waals surface area contributed by atoms with Gasteiger partial charge in [-0.15, -0.1) is 0 Å². The minimum Gasteiger partial charge on any atom is -0.306 e. The number of rotatable bonds is 4. The summed E-state index contributed by atoms with van der Waals surface area (Å²) in [6.45, 7) is 2.10. The monoisotopic (exact) mass is 223 g/mol. The van der Waals surface area contributed by atoms with E-state index in [2.05, 4.69) is 17.9 Å². The van der Waals surface area contributed by atoms with Gasteiger partial charge in [-0.3, -0.25) is 0 Å². The van der Waals surface area contributed by atoms with Gasteiger partial charge in [0, 0.05) is 29.3 Å². The lowest BCUT2D eigenvalue weighted by Crippen LogP contribution is -2.27. The van der Waals surface area contributed by atoms with Gasteiger partial charge in [0.2, 0.25) is 0 Å². The number of halogens is 1. The van der Waals surface area contributed by atoms with E-state index in [0.717, 1.165) is 12.0 Å². The Balaban J connectivity index is 2.69. The van der Waals surface area contributed by atoms with Gasteiger partial charge in [-0.25, -0.2) is 0 Å². The number of hydrogen-bond donors (Lipinski definition) is 1. The van der Waals surface area contributed by atoms with E-state index in [4.69, 9.17) is 17.0 Å². The van der Waals surface area contributed by atoms with Crippen molar-refractivity contribution in [1.82, 2.24) is 4.90 Å². The number of nitrogens with one attached hydrogen (secondary N) is 1. The first-order valence-electron chi connectivity index (χ1n) is 4.92.